The van der Waals surface area contributed by atoms with Crippen molar-refractivity contribution in [2.24, 2.45) is 0 Å². The van der Waals surface area contributed by atoms with E-state index in [1.54, 1.807) is 0 Å². The van der Waals surface area contributed by atoms with E-state index in [-0.39, 0.29) is 5.91 Å². The molecule has 1 aromatic heterocycles. The third-order valence-corrected chi connectivity index (χ3v) is 5.95. The Morgan fingerprint density at radius 1 is 0.871 bits per heavy atom. The molecule has 0 unspecified atom stereocenters. The van der Waals surface area contributed by atoms with E-state index < -0.39 is 0 Å². The highest BCUT2D eigenvalue weighted by atomic mass is 35.5. The van der Waals surface area contributed by atoms with E-state index >= 15 is 0 Å². The molecule has 4 aromatic rings. The summed E-state index contributed by atoms with van der Waals surface area (Å²) < 4.78 is 2.17. The average molecular weight is 452 g/mol. The first-order valence-corrected chi connectivity index (χ1v) is 11.0. The lowest BCUT2D eigenvalue weighted by Crippen LogP contribution is -2.26. The maximum Gasteiger partial charge on any atom is 0.220 e. The number of hydrogen-bond acceptors (Lipinski definition) is 2. The summed E-state index contributed by atoms with van der Waals surface area (Å²) in [4.78, 5) is 17.1. The molecule has 1 N–H and O–H groups in total. The zero-order valence-electron chi connectivity index (χ0n) is 17.0. The second kappa shape index (κ2) is 9.99. The molecule has 6 heteroatoms. The highest BCUT2D eigenvalue weighted by Gasteiger charge is 2.12. The first kappa shape index (κ1) is 21.4. The number of carbonyl (C=O) groups is 1. The molecule has 1 amide bonds. The van der Waals surface area contributed by atoms with Crippen LogP contribution in [0.4, 0.5) is 0 Å². The van der Waals surface area contributed by atoms with Gasteiger partial charge in [-0.15, -0.1) is 0 Å². The van der Waals surface area contributed by atoms with Crippen molar-refractivity contribution in [3.63, 3.8) is 0 Å². The van der Waals surface area contributed by atoms with Gasteiger partial charge in [-0.25, -0.2) is 4.98 Å². The number of benzene rings is 3. The fourth-order valence-electron chi connectivity index (χ4n) is 3.62. The molecule has 3 aromatic carbocycles. The number of fused-ring (bicyclic) bond motifs is 1. The number of aromatic nitrogens is 2. The second-order valence-electron chi connectivity index (χ2n) is 7.44. The van der Waals surface area contributed by atoms with Gasteiger partial charge in [-0.05, 0) is 41.8 Å². The van der Waals surface area contributed by atoms with Crippen LogP contribution in [0.25, 0.3) is 11.0 Å². The summed E-state index contributed by atoms with van der Waals surface area (Å²) in [5.41, 5.74) is 4.21. The summed E-state index contributed by atoms with van der Waals surface area (Å²) in [5.74, 6) is 0.978. The molecule has 4 rings (SSSR count). The molecule has 31 heavy (non-hydrogen) atoms. The van der Waals surface area contributed by atoms with Gasteiger partial charge in [-0.1, -0.05) is 71.7 Å². The quantitative estimate of drug-likeness (QED) is 0.374. The maximum atomic E-state index is 12.3. The number of rotatable bonds is 8. The van der Waals surface area contributed by atoms with E-state index in [0.29, 0.717) is 36.0 Å². The van der Waals surface area contributed by atoms with Crippen molar-refractivity contribution in [3.8, 4) is 0 Å². The minimum Gasteiger partial charge on any atom is -0.356 e. The number of hydrogen-bond donors (Lipinski definition) is 1. The summed E-state index contributed by atoms with van der Waals surface area (Å²) in [6.07, 6.45) is 1.86. The maximum absolute atomic E-state index is 12.3. The third-order valence-electron chi connectivity index (χ3n) is 5.21. The van der Waals surface area contributed by atoms with E-state index in [2.05, 4.69) is 16.0 Å². The van der Waals surface area contributed by atoms with Gasteiger partial charge >= 0.3 is 0 Å². The highest BCUT2D eigenvalue weighted by Crippen LogP contribution is 2.24. The van der Waals surface area contributed by atoms with Gasteiger partial charge in [0.15, 0.2) is 0 Å². The number of nitrogens with zero attached hydrogens (tertiary/aromatic N) is 2. The lowest BCUT2D eigenvalue weighted by atomic mass is 10.1. The molecule has 0 bridgehead atoms. The molecule has 0 radical (unpaired) electrons. The topological polar surface area (TPSA) is 46.9 Å². The van der Waals surface area contributed by atoms with Gasteiger partial charge in [0, 0.05) is 25.9 Å². The summed E-state index contributed by atoms with van der Waals surface area (Å²) in [6.45, 7) is 1.17. The van der Waals surface area contributed by atoms with Crippen molar-refractivity contribution in [1.29, 1.82) is 0 Å². The first-order valence-electron chi connectivity index (χ1n) is 10.3. The molecule has 1 heterocycles. The molecule has 0 saturated heterocycles. The number of imidazole rings is 1. The van der Waals surface area contributed by atoms with Crippen LogP contribution in [0.3, 0.4) is 0 Å². The van der Waals surface area contributed by atoms with Crippen LogP contribution in [0.15, 0.2) is 72.8 Å². The highest BCUT2D eigenvalue weighted by molar-refractivity contribution is 6.42. The molecule has 0 aliphatic carbocycles. The molecule has 0 spiro atoms. The Morgan fingerprint density at radius 3 is 2.45 bits per heavy atom. The third kappa shape index (κ3) is 5.46. The van der Waals surface area contributed by atoms with E-state index in [4.69, 9.17) is 28.2 Å². The van der Waals surface area contributed by atoms with Gasteiger partial charge in [0.05, 0.1) is 21.1 Å². The summed E-state index contributed by atoms with van der Waals surface area (Å²) in [5, 5.41) is 4.10. The van der Waals surface area contributed by atoms with Crippen LogP contribution in [-0.2, 0) is 24.2 Å². The number of halogens is 2. The number of aryl methyl sites for hydroxylation is 1. The second-order valence-corrected chi connectivity index (χ2v) is 8.25. The smallest absolute Gasteiger partial charge is 0.220 e. The molecular formula is C25H23Cl2N3O. The van der Waals surface area contributed by atoms with E-state index in [0.717, 1.165) is 28.8 Å². The van der Waals surface area contributed by atoms with Crippen molar-refractivity contribution in [2.45, 2.75) is 25.8 Å². The number of carbonyl (C=O) groups excluding carboxylic acids is 1. The van der Waals surface area contributed by atoms with E-state index in [1.807, 2.05) is 66.7 Å². The molecule has 0 aliphatic rings. The number of amides is 1. The van der Waals surface area contributed by atoms with Gasteiger partial charge in [0.2, 0.25) is 5.91 Å². The molecule has 4 nitrogen and oxygen atoms in total. The van der Waals surface area contributed by atoms with Crippen LogP contribution in [0, 0.1) is 0 Å². The standard InChI is InChI=1S/C25H23Cl2N3O/c26-20-12-10-19(16-21(20)27)17-30-23-9-5-4-8-22(23)29-24(30)14-15-28-25(31)13-11-18-6-2-1-3-7-18/h1-10,12,16H,11,13-15,17H2,(H,28,31). The molecule has 0 saturated carbocycles. The van der Waals surface area contributed by atoms with Crippen LogP contribution in [-0.4, -0.2) is 22.0 Å². The van der Waals surface area contributed by atoms with Crippen molar-refractivity contribution < 1.29 is 4.79 Å². The van der Waals surface area contributed by atoms with Crippen LogP contribution >= 0.6 is 23.2 Å². The summed E-state index contributed by atoms with van der Waals surface area (Å²) in [6, 6.07) is 23.8. The molecule has 158 valence electrons. The Bertz CT molecular complexity index is 1190. The summed E-state index contributed by atoms with van der Waals surface area (Å²) >= 11 is 12.3. The Balaban J connectivity index is 1.42. The predicted molar refractivity (Wildman–Crippen MR) is 127 cm³/mol. The van der Waals surface area contributed by atoms with Gasteiger partial charge < -0.3 is 9.88 Å². The normalized spacial score (nSPS) is 11.0. The van der Waals surface area contributed by atoms with Gasteiger partial charge in [0.1, 0.15) is 5.82 Å². The van der Waals surface area contributed by atoms with Gasteiger partial charge in [0.25, 0.3) is 0 Å². The zero-order chi connectivity index (χ0) is 21.6. The molecule has 0 aliphatic heterocycles. The summed E-state index contributed by atoms with van der Waals surface area (Å²) in [7, 11) is 0. The molecule has 0 fully saturated rings. The van der Waals surface area contributed by atoms with Crippen molar-refractivity contribution in [3.05, 3.63) is 99.8 Å². The minimum atomic E-state index is 0.0518. The number of para-hydroxylation sites is 2. The monoisotopic (exact) mass is 451 g/mol. The molecular weight excluding hydrogens is 429 g/mol. The fourth-order valence-corrected chi connectivity index (χ4v) is 3.94. The lowest BCUT2D eigenvalue weighted by Gasteiger charge is -2.11. The fraction of sp³-hybridized carbons (Fsp3) is 0.200. The van der Waals surface area contributed by atoms with Gasteiger partial charge in [-0.2, -0.15) is 0 Å². The average Bonchev–Trinajstić information content (AvgIpc) is 3.13. The Labute approximate surface area is 191 Å². The largest absolute Gasteiger partial charge is 0.356 e. The van der Waals surface area contributed by atoms with Crippen molar-refractivity contribution >= 4 is 40.1 Å². The Kier molecular flexibility index (Phi) is 6.90. The minimum absolute atomic E-state index is 0.0518. The van der Waals surface area contributed by atoms with Crippen molar-refractivity contribution in [1.82, 2.24) is 14.9 Å². The van der Waals surface area contributed by atoms with E-state index in [9.17, 15) is 4.79 Å². The molecule has 0 atom stereocenters. The van der Waals surface area contributed by atoms with Crippen LogP contribution in [0.1, 0.15) is 23.4 Å². The first-order chi connectivity index (χ1) is 15.1. The zero-order valence-corrected chi connectivity index (χ0v) is 18.5. The van der Waals surface area contributed by atoms with E-state index in [1.165, 1.54) is 5.56 Å². The van der Waals surface area contributed by atoms with Crippen LogP contribution in [0.5, 0.6) is 0 Å². The Hall–Kier alpha value is -2.82. The van der Waals surface area contributed by atoms with Crippen LogP contribution < -0.4 is 5.32 Å². The number of nitrogens with one attached hydrogen (secondary N) is 1. The SMILES string of the molecule is O=C(CCc1ccccc1)NCCc1nc2ccccc2n1Cc1ccc(Cl)c(Cl)c1. The predicted octanol–water partition coefficient (Wildman–Crippen LogP) is 5.68. The Morgan fingerprint density at radius 2 is 1.65 bits per heavy atom. The van der Waals surface area contributed by atoms with Crippen LogP contribution in [0.2, 0.25) is 10.0 Å². The van der Waals surface area contributed by atoms with Gasteiger partial charge in [-0.3, -0.25) is 4.79 Å². The lowest BCUT2D eigenvalue weighted by molar-refractivity contribution is -0.121. The van der Waals surface area contributed by atoms with Crippen molar-refractivity contribution in [2.75, 3.05) is 6.54 Å².